The number of benzene rings is 2. The second-order valence-corrected chi connectivity index (χ2v) is 5.49. The van der Waals surface area contributed by atoms with E-state index >= 15 is 0 Å². The number of carbonyl (C=O) groups is 2. The Kier molecular flexibility index (Phi) is 4.94. The van der Waals surface area contributed by atoms with Crippen LogP contribution < -0.4 is 11.1 Å². The number of hydrogen-bond acceptors (Lipinski definition) is 2. The van der Waals surface area contributed by atoms with Gasteiger partial charge in [0.2, 0.25) is 5.91 Å². The molecule has 0 bridgehead atoms. The molecule has 0 aliphatic rings. The molecule has 22 heavy (non-hydrogen) atoms. The number of amides is 2. The predicted molar refractivity (Wildman–Crippen MR) is 86.5 cm³/mol. The van der Waals surface area contributed by atoms with Crippen molar-refractivity contribution in [3.05, 3.63) is 70.8 Å². The lowest BCUT2D eigenvalue weighted by Gasteiger charge is -2.16. The molecular weight excluding hydrogens is 276 g/mol. The standard InChI is InChI=1S/C18H20N2O2/c1-12-8-13(2)10-15(9-12)18(22)20-16(17(19)21)11-14-6-4-3-5-7-14/h3-10,16H,11H2,1-2H3,(H2,19,21)(H,20,22)/t16-/m0/s1. The van der Waals surface area contributed by atoms with Crippen LogP contribution >= 0.6 is 0 Å². The zero-order valence-corrected chi connectivity index (χ0v) is 12.8. The van der Waals surface area contributed by atoms with Crippen LogP contribution in [0.1, 0.15) is 27.0 Å². The Morgan fingerprint density at radius 1 is 1.05 bits per heavy atom. The molecule has 0 radical (unpaired) electrons. The van der Waals surface area contributed by atoms with E-state index in [-0.39, 0.29) is 5.91 Å². The third kappa shape index (κ3) is 4.19. The third-order valence-electron chi connectivity index (χ3n) is 3.42. The van der Waals surface area contributed by atoms with E-state index in [9.17, 15) is 9.59 Å². The highest BCUT2D eigenvalue weighted by atomic mass is 16.2. The van der Waals surface area contributed by atoms with Crippen molar-refractivity contribution in [3.63, 3.8) is 0 Å². The number of nitrogens with two attached hydrogens (primary N) is 1. The highest BCUT2D eigenvalue weighted by molar-refractivity contribution is 5.97. The van der Waals surface area contributed by atoms with E-state index in [0.29, 0.717) is 12.0 Å². The number of hydrogen-bond donors (Lipinski definition) is 2. The van der Waals surface area contributed by atoms with Crippen molar-refractivity contribution in [2.45, 2.75) is 26.3 Å². The molecule has 0 aromatic heterocycles. The van der Waals surface area contributed by atoms with E-state index in [1.165, 1.54) is 0 Å². The summed E-state index contributed by atoms with van der Waals surface area (Å²) in [6.45, 7) is 3.86. The van der Waals surface area contributed by atoms with E-state index in [2.05, 4.69) is 5.32 Å². The summed E-state index contributed by atoms with van der Waals surface area (Å²) >= 11 is 0. The lowest BCUT2D eigenvalue weighted by molar-refractivity contribution is -0.119. The van der Waals surface area contributed by atoms with Crippen LogP contribution in [0.3, 0.4) is 0 Å². The summed E-state index contributed by atoms with van der Waals surface area (Å²) in [7, 11) is 0. The van der Waals surface area contributed by atoms with E-state index in [1.54, 1.807) is 12.1 Å². The van der Waals surface area contributed by atoms with Crippen LogP contribution in [-0.2, 0) is 11.2 Å². The van der Waals surface area contributed by atoms with Gasteiger partial charge in [-0.2, -0.15) is 0 Å². The zero-order valence-electron chi connectivity index (χ0n) is 12.8. The first kappa shape index (κ1) is 15.8. The Bertz CT molecular complexity index is 660. The van der Waals surface area contributed by atoms with Gasteiger partial charge in [0.25, 0.3) is 5.91 Å². The maximum absolute atomic E-state index is 12.3. The molecule has 0 spiro atoms. The first-order chi connectivity index (χ1) is 10.5. The van der Waals surface area contributed by atoms with Crippen molar-refractivity contribution >= 4 is 11.8 Å². The molecule has 2 rings (SSSR count). The fourth-order valence-electron chi connectivity index (χ4n) is 2.42. The maximum atomic E-state index is 12.3. The fraction of sp³-hybridized carbons (Fsp3) is 0.222. The summed E-state index contributed by atoms with van der Waals surface area (Å²) in [5.74, 6) is -0.826. The van der Waals surface area contributed by atoms with E-state index in [1.807, 2.05) is 50.2 Å². The average Bonchev–Trinajstić information content (AvgIpc) is 2.46. The minimum Gasteiger partial charge on any atom is -0.368 e. The molecule has 0 aliphatic carbocycles. The van der Waals surface area contributed by atoms with Crippen LogP contribution in [-0.4, -0.2) is 17.9 Å². The summed E-state index contributed by atoms with van der Waals surface area (Å²) in [6.07, 6.45) is 0.382. The van der Waals surface area contributed by atoms with Crippen molar-refractivity contribution < 1.29 is 9.59 Å². The van der Waals surface area contributed by atoms with Gasteiger partial charge in [0.05, 0.1) is 0 Å². The lowest BCUT2D eigenvalue weighted by Crippen LogP contribution is -2.45. The summed E-state index contributed by atoms with van der Waals surface area (Å²) in [5.41, 5.74) is 8.91. The topological polar surface area (TPSA) is 72.2 Å². The van der Waals surface area contributed by atoms with Gasteiger partial charge in [-0.25, -0.2) is 0 Å². The van der Waals surface area contributed by atoms with Gasteiger partial charge in [-0.15, -0.1) is 0 Å². The summed E-state index contributed by atoms with van der Waals surface area (Å²) in [6, 6.07) is 14.3. The highest BCUT2D eigenvalue weighted by Gasteiger charge is 2.19. The Morgan fingerprint density at radius 2 is 1.64 bits per heavy atom. The summed E-state index contributed by atoms with van der Waals surface area (Å²) in [5, 5.41) is 2.72. The first-order valence-corrected chi connectivity index (χ1v) is 7.18. The normalized spacial score (nSPS) is 11.7. The molecule has 0 saturated heterocycles. The number of aryl methyl sites for hydroxylation is 2. The molecule has 2 aromatic carbocycles. The van der Waals surface area contributed by atoms with Crippen molar-refractivity contribution in [1.29, 1.82) is 0 Å². The molecule has 3 N–H and O–H groups in total. The Hall–Kier alpha value is -2.62. The Balaban J connectivity index is 2.13. The van der Waals surface area contributed by atoms with Crippen LogP contribution in [0.2, 0.25) is 0 Å². The second-order valence-electron chi connectivity index (χ2n) is 5.49. The number of primary amides is 1. The van der Waals surface area contributed by atoms with Gasteiger partial charge in [-0.3, -0.25) is 9.59 Å². The van der Waals surface area contributed by atoms with Crippen LogP contribution in [0.25, 0.3) is 0 Å². The average molecular weight is 296 g/mol. The smallest absolute Gasteiger partial charge is 0.251 e. The van der Waals surface area contributed by atoms with Gasteiger partial charge < -0.3 is 11.1 Å². The quantitative estimate of drug-likeness (QED) is 0.887. The van der Waals surface area contributed by atoms with E-state index in [4.69, 9.17) is 5.73 Å². The molecule has 4 nitrogen and oxygen atoms in total. The number of rotatable bonds is 5. The molecule has 0 saturated carbocycles. The molecule has 0 aliphatic heterocycles. The second kappa shape index (κ2) is 6.89. The van der Waals surface area contributed by atoms with Crippen molar-refractivity contribution in [1.82, 2.24) is 5.32 Å². The van der Waals surface area contributed by atoms with Crippen molar-refractivity contribution in [2.24, 2.45) is 5.73 Å². The fourth-order valence-corrected chi connectivity index (χ4v) is 2.42. The molecule has 114 valence electrons. The minimum absolute atomic E-state index is 0.286. The van der Waals surface area contributed by atoms with E-state index in [0.717, 1.165) is 16.7 Å². The predicted octanol–water partition coefficient (Wildman–Crippen LogP) is 2.13. The van der Waals surface area contributed by atoms with Gasteiger partial charge >= 0.3 is 0 Å². The summed E-state index contributed by atoms with van der Waals surface area (Å²) < 4.78 is 0. The van der Waals surface area contributed by atoms with Crippen LogP contribution in [0.4, 0.5) is 0 Å². The number of nitrogens with one attached hydrogen (secondary N) is 1. The minimum atomic E-state index is -0.726. The monoisotopic (exact) mass is 296 g/mol. The van der Waals surface area contributed by atoms with E-state index < -0.39 is 11.9 Å². The van der Waals surface area contributed by atoms with Crippen LogP contribution in [0, 0.1) is 13.8 Å². The third-order valence-corrected chi connectivity index (χ3v) is 3.42. The largest absolute Gasteiger partial charge is 0.368 e. The van der Waals surface area contributed by atoms with Crippen molar-refractivity contribution in [3.8, 4) is 0 Å². The molecule has 4 heteroatoms. The molecule has 0 heterocycles. The number of carbonyl (C=O) groups excluding carboxylic acids is 2. The Labute approximate surface area is 130 Å². The van der Waals surface area contributed by atoms with Gasteiger partial charge in [-0.1, -0.05) is 47.5 Å². The SMILES string of the molecule is Cc1cc(C)cc(C(=O)N[C@@H](Cc2ccccc2)C(N)=O)c1. The molecule has 2 amide bonds. The van der Waals surface area contributed by atoms with Crippen LogP contribution in [0.15, 0.2) is 48.5 Å². The van der Waals surface area contributed by atoms with Gasteiger partial charge in [0.1, 0.15) is 6.04 Å². The molecule has 0 unspecified atom stereocenters. The Morgan fingerprint density at radius 3 is 2.18 bits per heavy atom. The van der Waals surface area contributed by atoms with Crippen molar-refractivity contribution in [2.75, 3.05) is 0 Å². The highest BCUT2D eigenvalue weighted by Crippen LogP contribution is 2.10. The molecule has 1 atom stereocenters. The van der Waals surface area contributed by atoms with Gasteiger partial charge in [0.15, 0.2) is 0 Å². The maximum Gasteiger partial charge on any atom is 0.251 e. The summed E-state index contributed by atoms with van der Waals surface area (Å²) in [4.78, 5) is 23.9. The first-order valence-electron chi connectivity index (χ1n) is 7.18. The molecular formula is C18H20N2O2. The van der Waals surface area contributed by atoms with Gasteiger partial charge in [-0.05, 0) is 31.5 Å². The molecule has 0 fully saturated rings. The zero-order chi connectivity index (χ0) is 16.1. The van der Waals surface area contributed by atoms with Gasteiger partial charge in [0, 0.05) is 12.0 Å². The van der Waals surface area contributed by atoms with Crippen LogP contribution in [0.5, 0.6) is 0 Å². The molecule has 2 aromatic rings. The lowest BCUT2D eigenvalue weighted by atomic mass is 10.0.